The van der Waals surface area contributed by atoms with Crippen molar-refractivity contribution in [1.82, 2.24) is 4.90 Å². The molecule has 0 radical (unpaired) electrons. The van der Waals surface area contributed by atoms with E-state index in [4.69, 9.17) is 15.2 Å². The maximum absolute atomic E-state index is 13.2. The summed E-state index contributed by atoms with van der Waals surface area (Å²) in [6.45, 7) is 3.08. The number of nitrogens with zero attached hydrogens (tertiary/aromatic N) is 1. The van der Waals surface area contributed by atoms with Gasteiger partial charge in [0.2, 0.25) is 5.91 Å². The number of ether oxygens (including phenoxy) is 2. The van der Waals surface area contributed by atoms with Crippen molar-refractivity contribution in [1.29, 1.82) is 0 Å². The van der Waals surface area contributed by atoms with Gasteiger partial charge in [-0.1, -0.05) is 60.2 Å². The summed E-state index contributed by atoms with van der Waals surface area (Å²) in [4.78, 5) is 26.8. The molecule has 0 saturated heterocycles. The van der Waals surface area contributed by atoms with Crippen molar-refractivity contribution < 1.29 is 19.1 Å². The first-order valence-corrected chi connectivity index (χ1v) is 11.8. The fourth-order valence-corrected chi connectivity index (χ4v) is 4.86. The minimum atomic E-state index is -0.931. The van der Waals surface area contributed by atoms with E-state index in [1.54, 1.807) is 0 Å². The molecule has 3 aromatic carbocycles. The monoisotopic (exact) mass is 472 g/mol. The van der Waals surface area contributed by atoms with E-state index in [2.05, 4.69) is 43.3 Å². The molecule has 0 spiro atoms. The van der Waals surface area contributed by atoms with Crippen LogP contribution in [0.5, 0.6) is 5.75 Å². The third-order valence-corrected chi connectivity index (χ3v) is 6.80. The summed E-state index contributed by atoms with van der Waals surface area (Å²) in [5.41, 5.74) is 11.4. The molecule has 2 N–H and O–H groups in total. The third-order valence-electron chi connectivity index (χ3n) is 6.80. The van der Waals surface area contributed by atoms with Gasteiger partial charge in [-0.2, -0.15) is 0 Å². The summed E-state index contributed by atoms with van der Waals surface area (Å²) in [6.07, 6.45) is 0.906. The molecule has 0 saturated carbocycles. The van der Waals surface area contributed by atoms with E-state index in [9.17, 15) is 9.59 Å². The lowest BCUT2D eigenvalue weighted by molar-refractivity contribution is -0.141. The molecule has 35 heavy (non-hydrogen) atoms. The summed E-state index contributed by atoms with van der Waals surface area (Å²) in [5.74, 6) is 0.0945. The van der Waals surface area contributed by atoms with Crippen molar-refractivity contribution in [2.45, 2.75) is 31.7 Å². The lowest BCUT2D eigenvalue weighted by Gasteiger charge is -2.32. The number of carbonyl (C=O) groups excluding carboxylic acids is 2. The molecule has 182 valence electrons. The van der Waals surface area contributed by atoms with Gasteiger partial charge in [0.25, 0.3) is 0 Å². The average molecular weight is 473 g/mol. The van der Waals surface area contributed by atoms with E-state index < -0.39 is 5.41 Å². The molecule has 1 heterocycles. The minimum absolute atomic E-state index is 0.153. The summed E-state index contributed by atoms with van der Waals surface area (Å²) in [5, 5.41) is 0. The molecular weight excluding hydrogens is 440 g/mol. The van der Waals surface area contributed by atoms with Gasteiger partial charge in [0.1, 0.15) is 5.75 Å². The summed E-state index contributed by atoms with van der Waals surface area (Å²) in [6, 6.07) is 22.4. The topological polar surface area (TPSA) is 81.9 Å². The second-order valence-electron chi connectivity index (χ2n) is 9.32. The normalized spacial score (nSPS) is 17.3. The van der Waals surface area contributed by atoms with E-state index in [1.165, 1.54) is 12.7 Å². The van der Waals surface area contributed by atoms with Gasteiger partial charge in [-0.05, 0) is 60.3 Å². The highest BCUT2D eigenvalue weighted by Crippen LogP contribution is 2.41. The molecule has 1 aliphatic heterocycles. The van der Waals surface area contributed by atoms with Crippen molar-refractivity contribution >= 4 is 11.9 Å². The standard InChI is InChI=1S/C29H32N2O4/c1-20-8-10-21(11-9-20)22-12-13-26-24(16-22)17-29(28(30)33,14-15-35-26)25-7-5-4-6-23(25)18-31(2)19-27(32)34-3/h4-13,16H,14-15,17-19H2,1-3H3,(H2,30,33). The predicted octanol–water partition coefficient (Wildman–Crippen LogP) is 4.02. The molecule has 0 aliphatic carbocycles. The Morgan fingerprint density at radius 2 is 1.77 bits per heavy atom. The van der Waals surface area contributed by atoms with Crippen LogP contribution < -0.4 is 10.5 Å². The number of hydrogen-bond donors (Lipinski definition) is 1. The molecule has 6 heteroatoms. The van der Waals surface area contributed by atoms with E-state index in [0.717, 1.165) is 33.6 Å². The first-order valence-electron chi connectivity index (χ1n) is 11.8. The number of amides is 1. The summed E-state index contributed by atoms with van der Waals surface area (Å²) in [7, 11) is 3.23. The SMILES string of the molecule is COC(=O)CN(C)Cc1ccccc1C1(C(N)=O)CCOc2ccc(-c3ccc(C)cc3)cc2C1. The van der Waals surface area contributed by atoms with Crippen molar-refractivity contribution in [3.63, 3.8) is 0 Å². The molecule has 1 aliphatic rings. The number of rotatable bonds is 7. The molecule has 1 unspecified atom stereocenters. The minimum Gasteiger partial charge on any atom is -0.493 e. The molecule has 6 nitrogen and oxygen atoms in total. The number of carbonyl (C=O) groups is 2. The van der Waals surface area contributed by atoms with Gasteiger partial charge in [0.05, 0.1) is 25.7 Å². The van der Waals surface area contributed by atoms with E-state index >= 15 is 0 Å². The second-order valence-corrected chi connectivity index (χ2v) is 9.32. The van der Waals surface area contributed by atoms with Gasteiger partial charge in [-0.15, -0.1) is 0 Å². The van der Waals surface area contributed by atoms with Crippen LogP contribution in [0.1, 0.15) is 28.7 Å². The number of likely N-dealkylation sites (N-methyl/N-ethyl adjacent to an activating group) is 1. The lowest BCUT2D eigenvalue weighted by atomic mass is 9.71. The fourth-order valence-electron chi connectivity index (χ4n) is 4.86. The fraction of sp³-hybridized carbons (Fsp3) is 0.310. The Morgan fingerprint density at radius 3 is 2.49 bits per heavy atom. The first-order chi connectivity index (χ1) is 16.8. The van der Waals surface area contributed by atoms with Gasteiger partial charge in [-0.3, -0.25) is 14.5 Å². The highest BCUT2D eigenvalue weighted by molar-refractivity contribution is 5.88. The van der Waals surface area contributed by atoms with Crippen LogP contribution >= 0.6 is 0 Å². The van der Waals surface area contributed by atoms with Crippen molar-refractivity contribution in [3.05, 3.63) is 89.0 Å². The number of primary amides is 1. The van der Waals surface area contributed by atoms with Crippen molar-refractivity contribution in [2.75, 3.05) is 27.3 Å². The Morgan fingerprint density at radius 1 is 1.06 bits per heavy atom. The lowest BCUT2D eigenvalue weighted by Crippen LogP contribution is -2.44. The number of fused-ring (bicyclic) bond motifs is 1. The Hall–Kier alpha value is -3.64. The predicted molar refractivity (Wildman–Crippen MR) is 136 cm³/mol. The van der Waals surface area contributed by atoms with Crippen LogP contribution in [0.2, 0.25) is 0 Å². The Kier molecular flexibility index (Phi) is 7.22. The summed E-state index contributed by atoms with van der Waals surface area (Å²) >= 11 is 0. The molecule has 1 atom stereocenters. The van der Waals surface area contributed by atoms with Gasteiger partial charge in [0, 0.05) is 13.0 Å². The number of aryl methyl sites for hydroxylation is 1. The Balaban J connectivity index is 1.73. The highest BCUT2D eigenvalue weighted by atomic mass is 16.5. The van der Waals surface area contributed by atoms with E-state index in [0.29, 0.717) is 26.0 Å². The zero-order chi connectivity index (χ0) is 25.0. The van der Waals surface area contributed by atoms with Gasteiger partial charge in [-0.25, -0.2) is 0 Å². The third kappa shape index (κ3) is 5.23. The Bertz CT molecular complexity index is 1220. The van der Waals surface area contributed by atoms with Crippen LogP contribution in [0.4, 0.5) is 0 Å². The van der Waals surface area contributed by atoms with Gasteiger partial charge >= 0.3 is 5.97 Å². The molecule has 0 aromatic heterocycles. The number of hydrogen-bond acceptors (Lipinski definition) is 5. The van der Waals surface area contributed by atoms with E-state index in [1.807, 2.05) is 42.3 Å². The van der Waals surface area contributed by atoms with Gasteiger partial charge in [0.15, 0.2) is 0 Å². The van der Waals surface area contributed by atoms with Crippen LogP contribution in [-0.2, 0) is 32.7 Å². The number of esters is 1. The van der Waals surface area contributed by atoms with Crippen LogP contribution in [0.25, 0.3) is 11.1 Å². The maximum atomic E-state index is 13.2. The van der Waals surface area contributed by atoms with Gasteiger partial charge < -0.3 is 15.2 Å². The van der Waals surface area contributed by atoms with Crippen molar-refractivity contribution in [2.24, 2.45) is 5.73 Å². The van der Waals surface area contributed by atoms with E-state index in [-0.39, 0.29) is 18.4 Å². The van der Waals surface area contributed by atoms with Crippen LogP contribution in [-0.4, -0.2) is 44.1 Å². The second kappa shape index (κ2) is 10.3. The molecule has 1 amide bonds. The number of methoxy groups -OCH3 is 1. The highest BCUT2D eigenvalue weighted by Gasteiger charge is 2.42. The molecule has 0 fully saturated rings. The first kappa shape index (κ1) is 24.5. The molecule has 0 bridgehead atoms. The molecular formula is C29H32N2O4. The van der Waals surface area contributed by atoms with Crippen LogP contribution in [0, 0.1) is 6.92 Å². The number of benzene rings is 3. The van der Waals surface area contributed by atoms with Crippen LogP contribution in [0.15, 0.2) is 66.7 Å². The zero-order valence-electron chi connectivity index (χ0n) is 20.5. The average Bonchev–Trinajstić information content (AvgIpc) is 3.04. The Labute approximate surface area is 206 Å². The van der Waals surface area contributed by atoms with Crippen molar-refractivity contribution in [3.8, 4) is 16.9 Å². The van der Waals surface area contributed by atoms with Crippen LogP contribution in [0.3, 0.4) is 0 Å². The summed E-state index contributed by atoms with van der Waals surface area (Å²) < 4.78 is 10.9. The largest absolute Gasteiger partial charge is 0.493 e. The maximum Gasteiger partial charge on any atom is 0.319 e. The smallest absolute Gasteiger partial charge is 0.319 e. The molecule has 3 aromatic rings. The number of nitrogens with two attached hydrogens (primary N) is 1. The zero-order valence-corrected chi connectivity index (χ0v) is 20.5. The molecule has 4 rings (SSSR count). The quantitative estimate of drug-likeness (QED) is 0.526.